The molecule has 2 rings (SSSR count). The first-order valence-electron chi connectivity index (χ1n) is 7.92. The Kier molecular flexibility index (Phi) is 6.06. The average molecular weight is 356 g/mol. The monoisotopic (exact) mass is 356 g/mol. The van der Waals surface area contributed by atoms with Gasteiger partial charge in [-0.15, -0.1) is 0 Å². The molecule has 1 N–H and O–H groups in total. The Bertz CT molecular complexity index is 659. The predicted molar refractivity (Wildman–Crippen MR) is 91.1 cm³/mol. The number of benzene rings is 1. The van der Waals surface area contributed by atoms with Gasteiger partial charge in [0.1, 0.15) is 17.1 Å². The Morgan fingerprint density at radius 2 is 1.75 bits per heavy atom. The molecule has 1 heterocycles. The molecule has 1 saturated heterocycles. The van der Waals surface area contributed by atoms with E-state index < -0.39 is 10.0 Å². The zero-order chi connectivity index (χ0) is 17.7. The maximum Gasteiger partial charge on any atom is 0.259 e. The Morgan fingerprint density at radius 1 is 1.21 bits per heavy atom. The van der Waals surface area contributed by atoms with Gasteiger partial charge in [-0.05, 0) is 31.9 Å². The number of sulfonamides is 1. The molecule has 1 aliphatic heterocycles. The van der Waals surface area contributed by atoms with Crippen LogP contribution in [0.2, 0.25) is 0 Å². The largest absolute Gasteiger partial charge is 0.496 e. The maximum atomic E-state index is 12.6. The third kappa shape index (κ3) is 3.99. The van der Waals surface area contributed by atoms with E-state index in [-0.39, 0.29) is 17.7 Å². The van der Waals surface area contributed by atoms with Gasteiger partial charge in [-0.2, -0.15) is 0 Å². The lowest BCUT2D eigenvalue weighted by molar-refractivity contribution is 0.0917. The smallest absolute Gasteiger partial charge is 0.259 e. The van der Waals surface area contributed by atoms with E-state index in [1.165, 1.54) is 18.5 Å². The van der Waals surface area contributed by atoms with Crippen molar-refractivity contribution in [3.8, 4) is 11.5 Å². The molecule has 0 bridgehead atoms. The lowest BCUT2D eigenvalue weighted by Gasteiger charge is -2.31. The highest BCUT2D eigenvalue weighted by Gasteiger charge is 2.28. The molecule has 24 heavy (non-hydrogen) atoms. The summed E-state index contributed by atoms with van der Waals surface area (Å²) in [5.41, 5.74) is 0.353. The van der Waals surface area contributed by atoms with Gasteiger partial charge in [0, 0.05) is 19.1 Å². The Hall–Kier alpha value is -1.80. The number of carbonyl (C=O) groups is 1. The normalized spacial score (nSPS) is 16.6. The fraction of sp³-hybridized carbons (Fsp3) is 0.562. The van der Waals surface area contributed by atoms with Crippen molar-refractivity contribution in [2.75, 3.05) is 33.1 Å². The number of nitrogens with one attached hydrogen (secondary N) is 1. The van der Waals surface area contributed by atoms with E-state index in [1.807, 2.05) is 0 Å². The number of amides is 1. The van der Waals surface area contributed by atoms with Crippen LogP contribution in [0.4, 0.5) is 0 Å². The van der Waals surface area contributed by atoms with Crippen LogP contribution >= 0.6 is 0 Å². The van der Waals surface area contributed by atoms with Crippen molar-refractivity contribution >= 4 is 15.9 Å². The summed E-state index contributed by atoms with van der Waals surface area (Å²) in [5, 5.41) is 2.95. The van der Waals surface area contributed by atoms with Crippen LogP contribution in [0, 0.1) is 0 Å². The molecule has 0 aliphatic carbocycles. The highest BCUT2D eigenvalue weighted by atomic mass is 32.2. The fourth-order valence-corrected chi connectivity index (χ4v) is 3.93. The fourth-order valence-electron chi connectivity index (χ4n) is 2.79. The van der Waals surface area contributed by atoms with Crippen molar-refractivity contribution in [3.05, 3.63) is 23.8 Å². The number of carbonyl (C=O) groups excluding carboxylic acids is 1. The van der Waals surface area contributed by atoms with Crippen molar-refractivity contribution in [1.82, 2.24) is 9.62 Å². The minimum atomic E-state index is -3.17. The molecular formula is C16H24N2O5S. The number of hydrogen-bond acceptors (Lipinski definition) is 5. The van der Waals surface area contributed by atoms with E-state index in [9.17, 15) is 13.2 Å². The molecular weight excluding hydrogens is 332 g/mol. The van der Waals surface area contributed by atoms with Crippen molar-refractivity contribution in [2.45, 2.75) is 25.8 Å². The van der Waals surface area contributed by atoms with Crippen LogP contribution in [-0.4, -0.2) is 57.7 Å². The van der Waals surface area contributed by atoms with Crippen LogP contribution in [0.5, 0.6) is 11.5 Å². The lowest BCUT2D eigenvalue weighted by atomic mass is 10.1. The summed E-state index contributed by atoms with van der Waals surface area (Å²) in [7, 11) is -0.167. The molecule has 0 saturated carbocycles. The van der Waals surface area contributed by atoms with Gasteiger partial charge >= 0.3 is 0 Å². The average Bonchev–Trinajstić information content (AvgIpc) is 2.61. The Balaban J connectivity index is 2.05. The van der Waals surface area contributed by atoms with E-state index >= 15 is 0 Å². The summed E-state index contributed by atoms with van der Waals surface area (Å²) >= 11 is 0. The van der Waals surface area contributed by atoms with E-state index in [0.717, 1.165) is 0 Å². The lowest BCUT2D eigenvalue weighted by Crippen LogP contribution is -2.46. The third-order valence-electron chi connectivity index (χ3n) is 4.20. The van der Waals surface area contributed by atoms with Gasteiger partial charge in [0.05, 0.1) is 20.0 Å². The molecule has 0 spiro atoms. The molecule has 1 amide bonds. The molecule has 8 heteroatoms. The van der Waals surface area contributed by atoms with Crippen molar-refractivity contribution in [2.24, 2.45) is 0 Å². The van der Waals surface area contributed by atoms with Crippen LogP contribution in [-0.2, 0) is 10.0 Å². The van der Waals surface area contributed by atoms with Gasteiger partial charge in [-0.25, -0.2) is 12.7 Å². The zero-order valence-electron chi connectivity index (χ0n) is 14.2. The summed E-state index contributed by atoms with van der Waals surface area (Å²) in [5.74, 6) is 0.708. The van der Waals surface area contributed by atoms with Crippen LogP contribution in [0.15, 0.2) is 18.2 Å². The molecule has 1 fully saturated rings. The second-order valence-electron chi connectivity index (χ2n) is 5.58. The van der Waals surface area contributed by atoms with Crippen LogP contribution < -0.4 is 14.8 Å². The zero-order valence-corrected chi connectivity index (χ0v) is 15.1. The van der Waals surface area contributed by atoms with Crippen molar-refractivity contribution in [1.29, 1.82) is 0 Å². The molecule has 1 aromatic carbocycles. The standard InChI is InChI=1S/C16H24N2O5S/c1-4-24(20,21)18-10-8-12(9-11-18)17-16(19)15-13(22-2)6-5-7-14(15)23-3/h5-7,12H,4,8-11H2,1-3H3,(H,17,19). The van der Waals surface area contributed by atoms with Gasteiger partial charge in [0.25, 0.3) is 5.91 Å². The quantitative estimate of drug-likeness (QED) is 0.829. The van der Waals surface area contributed by atoms with Crippen LogP contribution in [0.1, 0.15) is 30.1 Å². The summed E-state index contributed by atoms with van der Waals surface area (Å²) in [6, 6.07) is 5.08. The summed E-state index contributed by atoms with van der Waals surface area (Å²) in [6.45, 7) is 2.48. The van der Waals surface area contributed by atoms with Gasteiger partial charge in [-0.3, -0.25) is 4.79 Å². The van der Waals surface area contributed by atoms with E-state index in [1.54, 1.807) is 25.1 Å². The van der Waals surface area contributed by atoms with Crippen LogP contribution in [0.3, 0.4) is 0 Å². The van der Waals surface area contributed by atoms with Gasteiger partial charge in [-0.1, -0.05) is 6.07 Å². The Labute approximate surface area is 143 Å². The first-order valence-corrected chi connectivity index (χ1v) is 9.53. The van der Waals surface area contributed by atoms with Gasteiger partial charge in [0.2, 0.25) is 10.0 Å². The molecule has 7 nitrogen and oxygen atoms in total. The van der Waals surface area contributed by atoms with Crippen molar-refractivity contribution < 1.29 is 22.7 Å². The number of piperidine rings is 1. The first kappa shape index (κ1) is 18.5. The second kappa shape index (κ2) is 7.85. The number of methoxy groups -OCH3 is 2. The van der Waals surface area contributed by atoms with Crippen LogP contribution in [0.25, 0.3) is 0 Å². The topological polar surface area (TPSA) is 84.9 Å². The predicted octanol–water partition coefficient (Wildman–Crippen LogP) is 1.25. The van der Waals surface area contributed by atoms with E-state index in [2.05, 4.69) is 5.32 Å². The summed E-state index contributed by atoms with van der Waals surface area (Å²) < 4.78 is 35.7. The van der Waals surface area contributed by atoms with Gasteiger partial charge < -0.3 is 14.8 Å². The first-order chi connectivity index (χ1) is 11.4. The number of rotatable bonds is 6. The maximum absolute atomic E-state index is 12.6. The second-order valence-corrected chi connectivity index (χ2v) is 7.84. The van der Waals surface area contributed by atoms with E-state index in [4.69, 9.17) is 9.47 Å². The molecule has 0 radical (unpaired) electrons. The third-order valence-corrected chi connectivity index (χ3v) is 6.08. The number of ether oxygens (including phenoxy) is 2. The minimum absolute atomic E-state index is 0.0737. The molecule has 0 aromatic heterocycles. The molecule has 1 aromatic rings. The highest BCUT2D eigenvalue weighted by molar-refractivity contribution is 7.89. The number of nitrogens with zero attached hydrogens (tertiary/aromatic N) is 1. The molecule has 134 valence electrons. The summed E-state index contributed by atoms with van der Waals surface area (Å²) in [6.07, 6.45) is 1.17. The van der Waals surface area contributed by atoms with Crippen molar-refractivity contribution in [3.63, 3.8) is 0 Å². The molecule has 0 unspecified atom stereocenters. The minimum Gasteiger partial charge on any atom is -0.496 e. The molecule has 0 atom stereocenters. The summed E-state index contributed by atoms with van der Waals surface area (Å²) in [4.78, 5) is 12.6. The Morgan fingerprint density at radius 3 is 2.21 bits per heavy atom. The van der Waals surface area contributed by atoms with Gasteiger partial charge in [0.15, 0.2) is 0 Å². The SMILES string of the molecule is CCS(=O)(=O)N1CCC(NC(=O)c2c(OC)cccc2OC)CC1. The molecule has 1 aliphatic rings. The van der Waals surface area contributed by atoms with E-state index in [0.29, 0.717) is 43.0 Å². The highest BCUT2D eigenvalue weighted by Crippen LogP contribution is 2.28. The number of hydrogen-bond donors (Lipinski definition) is 1.